The molecule has 0 saturated carbocycles. The minimum Gasteiger partial charge on any atom is -0.377 e. The molecule has 24 heavy (non-hydrogen) atoms. The summed E-state index contributed by atoms with van der Waals surface area (Å²) in [6.07, 6.45) is 0. The van der Waals surface area contributed by atoms with E-state index in [1.807, 2.05) is 19.9 Å². The van der Waals surface area contributed by atoms with Crippen molar-refractivity contribution in [2.24, 2.45) is 0 Å². The van der Waals surface area contributed by atoms with Crippen molar-refractivity contribution in [3.8, 4) is 5.69 Å². The fourth-order valence-corrected chi connectivity index (χ4v) is 2.33. The summed E-state index contributed by atoms with van der Waals surface area (Å²) in [6.45, 7) is 4.08. The van der Waals surface area contributed by atoms with Crippen LogP contribution in [0.5, 0.6) is 0 Å². The van der Waals surface area contributed by atoms with Crippen LogP contribution in [0.25, 0.3) is 5.69 Å². The first-order valence-electron chi connectivity index (χ1n) is 7.47. The van der Waals surface area contributed by atoms with Gasteiger partial charge in [0.15, 0.2) is 5.82 Å². The first-order valence-corrected chi connectivity index (χ1v) is 7.47. The molecule has 7 nitrogen and oxygen atoms in total. The largest absolute Gasteiger partial charge is 0.377 e. The van der Waals surface area contributed by atoms with Crippen LogP contribution in [0.1, 0.15) is 30.4 Å². The molecule has 1 atom stereocenters. The van der Waals surface area contributed by atoms with Crippen molar-refractivity contribution in [1.82, 2.24) is 19.9 Å². The van der Waals surface area contributed by atoms with Crippen LogP contribution in [0.15, 0.2) is 34.9 Å². The highest BCUT2D eigenvalue weighted by Gasteiger charge is 2.16. The highest BCUT2D eigenvalue weighted by atomic mass is 19.1. The molecular weight excluding hydrogens is 313 g/mol. The standard InChI is InChI=1S/C16H18FN5O2/c1-10-7-14(20-22(10)13-6-4-5-12(17)8-13)18-11(2)16-19-15(9-23-3)21-24-16/h4-8,11H,9H2,1-3H3,(H,18,20). The molecule has 2 aromatic heterocycles. The number of hydrogen-bond donors (Lipinski definition) is 1. The average Bonchev–Trinajstić information content (AvgIpc) is 3.14. The summed E-state index contributed by atoms with van der Waals surface area (Å²) >= 11 is 0. The second-order valence-corrected chi connectivity index (χ2v) is 5.41. The Kier molecular flexibility index (Phi) is 4.57. The minimum atomic E-state index is -0.304. The number of hydrogen-bond acceptors (Lipinski definition) is 6. The van der Waals surface area contributed by atoms with Gasteiger partial charge in [-0.2, -0.15) is 10.1 Å². The highest BCUT2D eigenvalue weighted by molar-refractivity contribution is 5.42. The van der Waals surface area contributed by atoms with E-state index >= 15 is 0 Å². The number of aryl methyl sites for hydroxylation is 1. The second kappa shape index (κ2) is 6.79. The second-order valence-electron chi connectivity index (χ2n) is 5.41. The number of ether oxygens (including phenoxy) is 1. The van der Waals surface area contributed by atoms with Crippen LogP contribution in [0.3, 0.4) is 0 Å². The molecule has 0 fully saturated rings. The van der Waals surface area contributed by atoms with E-state index in [4.69, 9.17) is 9.26 Å². The molecule has 0 aliphatic heterocycles. The van der Waals surface area contributed by atoms with E-state index in [0.29, 0.717) is 29.8 Å². The normalized spacial score (nSPS) is 12.3. The summed E-state index contributed by atoms with van der Waals surface area (Å²) in [5.74, 6) is 1.26. The number of nitrogens with one attached hydrogen (secondary N) is 1. The maximum absolute atomic E-state index is 13.4. The molecule has 1 N–H and O–H groups in total. The van der Waals surface area contributed by atoms with E-state index < -0.39 is 0 Å². The van der Waals surface area contributed by atoms with Gasteiger partial charge in [0.25, 0.3) is 0 Å². The summed E-state index contributed by atoms with van der Waals surface area (Å²) in [5.41, 5.74) is 1.54. The Bertz CT molecular complexity index is 829. The third-order valence-corrected chi connectivity index (χ3v) is 3.43. The number of halogens is 1. The lowest BCUT2D eigenvalue weighted by molar-refractivity contribution is 0.174. The lowest BCUT2D eigenvalue weighted by atomic mass is 10.3. The Balaban J connectivity index is 1.77. The van der Waals surface area contributed by atoms with Crippen molar-refractivity contribution in [1.29, 1.82) is 0 Å². The van der Waals surface area contributed by atoms with Crippen molar-refractivity contribution >= 4 is 5.82 Å². The molecule has 0 aliphatic carbocycles. The quantitative estimate of drug-likeness (QED) is 0.748. The van der Waals surface area contributed by atoms with Crippen molar-refractivity contribution < 1.29 is 13.7 Å². The molecule has 1 unspecified atom stereocenters. The molecule has 0 saturated heterocycles. The maximum Gasteiger partial charge on any atom is 0.248 e. The third-order valence-electron chi connectivity index (χ3n) is 3.43. The van der Waals surface area contributed by atoms with Gasteiger partial charge in [-0.05, 0) is 32.0 Å². The number of nitrogens with zero attached hydrogens (tertiary/aromatic N) is 4. The van der Waals surface area contributed by atoms with Crippen molar-refractivity contribution in [2.75, 3.05) is 12.4 Å². The van der Waals surface area contributed by atoms with Gasteiger partial charge in [0.2, 0.25) is 5.89 Å². The van der Waals surface area contributed by atoms with E-state index in [1.165, 1.54) is 12.1 Å². The summed E-state index contributed by atoms with van der Waals surface area (Å²) in [4.78, 5) is 4.25. The first-order chi connectivity index (χ1) is 11.6. The van der Waals surface area contributed by atoms with Crippen molar-refractivity contribution in [3.05, 3.63) is 53.6 Å². The van der Waals surface area contributed by atoms with Crippen LogP contribution in [-0.4, -0.2) is 27.0 Å². The van der Waals surface area contributed by atoms with Crippen LogP contribution in [-0.2, 0) is 11.3 Å². The van der Waals surface area contributed by atoms with Gasteiger partial charge in [0.1, 0.15) is 24.3 Å². The zero-order valence-electron chi connectivity index (χ0n) is 13.7. The van der Waals surface area contributed by atoms with E-state index in [9.17, 15) is 4.39 Å². The van der Waals surface area contributed by atoms with Gasteiger partial charge in [0, 0.05) is 18.9 Å². The van der Waals surface area contributed by atoms with Crippen LogP contribution in [0.2, 0.25) is 0 Å². The Labute approximate surface area is 138 Å². The Hall–Kier alpha value is -2.74. The average molecular weight is 331 g/mol. The van der Waals surface area contributed by atoms with E-state index in [-0.39, 0.29) is 11.9 Å². The Morgan fingerprint density at radius 3 is 2.96 bits per heavy atom. The minimum absolute atomic E-state index is 0.224. The topological polar surface area (TPSA) is 78.0 Å². The van der Waals surface area contributed by atoms with Gasteiger partial charge in [-0.15, -0.1) is 0 Å². The van der Waals surface area contributed by atoms with Gasteiger partial charge in [-0.3, -0.25) is 0 Å². The number of benzene rings is 1. The fourth-order valence-electron chi connectivity index (χ4n) is 2.33. The van der Waals surface area contributed by atoms with E-state index in [1.54, 1.807) is 23.9 Å². The van der Waals surface area contributed by atoms with Crippen LogP contribution < -0.4 is 5.32 Å². The molecule has 0 bridgehead atoms. The number of aromatic nitrogens is 4. The van der Waals surface area contributed by atoms with Crippen LogP contribution in [0.4, 0.5) is 10.2 Å². The number of methoxy groups -OCH3 is 1. The lowest BCUT2D eigenvalue weighted by Crippen LogP contribution is -2.08. The predicted octanol–water partition coefficient (Wildman–Crippen LogP) is 3.02. The summed E-state index contributed by atoms with van der Waals surface area (Å²) < 4.78 is 25.2. The lowest BCUT2D eigenvalue weighted by Gasteiger charge is -2.08. The Morgan fingerprint density at radius 2 is 2.21 bits per heavy atom. The van der Waals surface area contributed by atoms with Gasteiger partial charge >= 0.3 is 0 Å². The molecule has 3 rings (SSSR count). The van der Waals surface area contributed by atoms with Crippen LogP contribution >= 0.6 is 0 Å². The van der Waals surface area contributed by atoms with Crippen LogP contribution in [0, 0.1) is 12.7 Å². The fraction of sp³-hybridized carbons (Fsp3) is 0.312. The van der Waals surface area contributed by atoms with E-state index in [0.717, 1.165) is 5.69 Å². The molecular formula is C16H18FN5O2. The van der Waals surface area contributed by atoms with Gasteiger partial charge < -0.3 is 14.6 Å². The molecule has 0 spiro atoms. The molecule has 0 radical (unpaired) electrons. The maximum atomic E-state index is 13.4. The summed E-state index contributed by atoms with van der Waals surface area (Å²) in [6, 6.07) is 7.92. The SMILES string of the molecule is COCc1noc(C(C)Nc2cc(C)n(-c3cccc(F)c3)n2)n1. The molecule has 0 aliphatic rings. The zero-order valence-corrected chi connectivity index (χ0v) is 13.7. The monoisotopic (exact) mass is 331 g/mol. The van der Waals surface area contributed by atoms with Crippen molar-refractivity contribution in [3.63, 3.8) is 0 Å². The predicted molar refractivity (Wildman–Crippen MR) is 85.3 cm³/mol. The molecule has 8 heteroatoms. The highest BCUT2D eigenvalue weighted by Crippen LogP contribution is 2.20. The molecule has 3 aromatic rings. The molecule has 2 heterocycles. The van der Waals surface area contributed by atoms with Gasteiger partial charge in [-0.1, -0.05) is 11.2 Å². The third kappa shape index (κ3) is 3.43. The number of rotatable bonds is 6. The molecule has 0 amide bonds. The smallest absolute Gasteiger partial charge is 0.248 e. The number of anilines is 1. The zero-order chi connectivity index (χ0) is 17.1. The Morgan fingerprint density at radius 1 is 1.38 bits per heavy atom. The molecule has 126 valence electrons. The van der Waals surface area contributed by atoms with Crippen molar-refractivity contribution in [2.45, 2.75) is 26.5 Å². The molecule has 1 aromatic carbocycles. The summed E-state index contributed by atoms with van der Waals surface area (Å²) in [5, 5.41) is 11.5. The summed E-state index contributed by atoms with van der Waals surface area (Å²) in [7, 11) is 1.57. The van der Waals surface area contributed by atoms with Gasteiger partial charge in [0.05, 0.1) is 5.69 Å². The first kappa shape index (κ1) is 16.1. The van der Waals surface area contributed by atoms with E-state index in [2.05, 4.69) is 20.6 Å². The van der Waals surface area contributed by atoms with Gasteiger partial charge in [-0.25, -0.2) is 9.07 Å².